The summed E-state index contributed by atoms with van der Waals surface area (Å²) in [6.07, 6.45) is 6.94. The lowest BCUT2D eigenvalue weighted by Crippen LogP contribution is -2.28. The Morgan fingerprint density at radius 3 is 3.05 bits per heavy atom. The van der Waals surface area contributed by atoms with Crippen LogP contribution in [-0.4, -0.2) is 29.1 Å². The highest BCUT2D eigenvalue weighted by Gasteiger charge is 2.17. The van der Waals surface area contributed by atoms with Crippen molar-refractivity contribution in [3.63, 3.8) is 0 Å². The lowest BCUT2D eigenvalue weighted by molar-refractivity contribution is 0.0943. The summed E-state index contributed by atoms with van der Waals surface area (Å²) < 4.78 is 0. The molecule has 0 saturated heterocycles. The Bertz CT molecular complexity index is 513. The van der Waals surface area contributed by atoms with E-state index in [1.165, 1.54) is 19.3 Å². The maximum absolute atomic E-state index is 12.1. The number of amides is 1. The number of carbonyl (C=O) groups excluding carboxylic acids is 1. The van der Waals surface area contributed by atoms with Crippen LogP contribution < -0.4 is 5.32 Å². The summed E-state index contributed by atoms with van der Waals surface area (Å²) in [5.74, 6) is 6.31. The van der Waals surface area contributed by atoms with Gasteiger partial charge in [0.05, 0.1) is 12.2 Å². The number of carbonyl (C=O) groups is 1. The van der Waals surface area contributed by atoms with Crippen LogP contribution in [0, 0.1) is 17.8 Å². The summed E-state index contributed by atoms with van der Waals surface area (Å²) in [5, 5.41) is 11.6. The average molecular weight is 272 g/mol. The summed E-state index contributed by atoms with van der Waals surface area (Å²) in [6, 6.07) is 3.53. The van der Waals surface area contributed by atoms with Gasteiger partial charge in [-0.15, -0.1) is 0 Å². The molecule has 0 aliphatic heterocycles. The number of hydrogen-bond donors (Lipinski definition) is 2. The molecular weight excluding hydrogens is 252 g/mol. The number of rotatable bonds is 5. The summed E-state index contributed by atoms with van der Waals surface area (Å²) in [7, 11) is 0. The summed E-state index contributed by atoms with van der Waals surface area (Å²) in [5.41, 5.74) is 0.980. The molecule has 0 radical (unpaired) electrons. The highest BCUT2D eigenvalue weighted by molar-refractivity contribution is 5.94. The van der Waals surface area contributed by atoms with Gasteiger partial charge in [0, 0.05) is 19.2 Å². The zero-order chi connectivity index (χ0) is 14.2. The number of nitrogens with zero attached hydrogens (tertiary/aromatic N) is 1. The minimum Gasteiger partial charge on any atom is -0.395 e. The molecule has 2 N–H and O–H groups in total. The van der Waals surface area contributed by atoms with Gasteiger partial charge in [0.25, 0.3) is 5.91 Å². The van der Waals surface area contributed by atoms with Crippen molar-refractivity contribution < 1.29 is 9.90 Å². The number of aliphatic hydroxyl groups is 1. The molecule has 0 aromatic carbocycles. The van der Waals surface area contributed by atoms with Crippen molar-refractivity contribution in [2.75, 3.05) is 13.2 Å². The van der Waals surface area contributed by atoms with Gasteiger partial charge in [-0.05, 0) is 24.5 Å². The molecule has 1 aromatic rings. The Morgan fingerprint density at radius 1 is 1.50 bits per heavy atom. The second-order valence-corrected chi connectivity index (χ2v) is 5.02. The van der Waals surface area contributed by atoms with Gasteiger partial charge in [0.1, 0.15) is 5.69 Å². The summed E-state index contributed by atoms with van der Waals surface area (Å²) in [6.45, 7) is 0.722. The van der Waals surface area contributed by atoms with Crippen molar-refractivity contribution in [1.82, 2.24) is 10.3 Å². The Balaban J connectivity index is 1.92. The number of aromatic nitrogens is 1. The third kappa shape index (κ3) is 4.07. The van der Waals surface area contributed by atoms with Crippen LogP contribution >= 0.6 is 0 Å². The lowest BCUT2D eigenvalue weighted by Gasteiger charge is -2.25. The van der Waals surface area contributed by atoms with Gasteiger partial charge < -0.3 is 10.4 Å². The van der Waals surface area contributed by atoms with E-state index in [2.05, 4.69) is 22.1 Å². The van der Waals surface area contributed by atoms with E-state index in [1.54, 1.807) is 18.3 Å². The number of aliphatic hydroxyl groups excluding tert-OH is 1. The second kappa shape index (κ2) is 7.66. The van der Waals surface area contributed by atoms with Crippen molar-refractivity contribution in [2.45, 2.75) is 32.1 Å². The molecule has 2 rings (SSSR count). The zero-order valence-electron chi connectivity index (χ0n) is 11.6. The van der Waals surface area contributed by atoms with E-state index >= 15 is 0 Å². The van der Waals surface area contributed by atoms with E-state index in [0.717, 1.165) is 12.3 Å². The monoisotopic (exact) mass is 272 g/mol. The van der Waals surface area contributed by atoms with E-state index in [1.807, 2.05) is 0 Å². The van der Waals surface area contributed by atoms with Gasteiger partial charge in [0.2, 0.25) is 0 Å². The quantitative estimate of drug-likeness (QED) is 0.803. The predicted octanol–water partition coefficient (Wildman–Crippen LogP) is 1.74. The predicted molar refractivity (Wildman–Crippen MR) is 77.1 cm³/mol. The van der Waals surface area contributed by atoms with Crippen LogP contribution in [0.15, 0.2) is 18.3 Å². The van der Waals surface area contributed by atoms with Crippen LogP contribution in [0.3, 0.4) is 0 Å². The molecule has 4 heteroatoms. The molecular formula is C16H20N2O2. The normalized spacial score (nSPS) is 14.1. The first-order valence-electron chi connectivity index (χ1n) is 7.14. The Hall–Kier alpha value is -1.86. The lowest BCUT2D eigenvalue weighted by atomic mass is 9.83. The van der Waals surface area contributed by atoms with Crippen molar-refractivity contribution >= 4 is 5.91 Å². The Morgan fingerprint density at radius 2 is 2.35 bits per heavy atom. The number of pyridine rings is 1. The number of nitrogens with one attached hydrogen (secondary N) is 1. The molecule has 1 aliphatic carbocycles. The first-order valence-corrected chi connectivity index (χ1v) is 7.14. The van der Waals surface area contributed by atoms with Gasteiger partial charge in [-0.25, -0.2) is 4.98 Å². The largest absolute Gasteiger partial charge is 0.395 e. The minimum atomic E-state index is -0.168. The molecule has 1 saturated carbocycles. The highest BCUT2D eigenvalue weighted by atomic mass is 16.2. The smallest absolute Gasteiger partial charge is 0.271 e. The van der Waals surface area contributed by atoms with E-state index in [4.69, 9.17) is 5.11 Å². The van der Waals surface area contributed by atoms with Gasteiger partial charge in [-0.2, -0.15) is 0 Å². The third-order valence-corrected chi connectivity index (χ3v) is 3.55. The molecule has 20 heavy (non-hydrogen) atoms. The molecule has 1 fully saturated rings. The molecule has 4 nitrogen and oxygen atoms in total. The SMILES string of the molecule is O=C(NCCC1CCC1)c1ncccc1C#CCCO. The van der Waals surface area contributed by atoms with Crippen LogP contribution in [0.4, 0.5) is 0 Å². The fourth-order valence-corrected chi connectivity index (χ4v) is 2.16. The van der Waals surface area contributed by atoms with Crippen molar-refractivity contribution in [3.05, 3.63) is 29.6 Å². The van der Waals surface area contributed by atoms with E-state index in [-0.39, 0.29) is 12.5 Å². The van der Waals surface area contributed by atoms with Crippen LogP contribution in [-0.2, 0) is 0 Å². The van der Waals surface area contributed by atoms with E-state index in [0.29, 0.717) is 24.2 Å². The maximum Gasteiger partial charge on any atom is 0.271 e. The highest BCUT2D eigenvalue weighted by Crippen LogP contribution is 2.28. The molecule has 0 bridgehead atoms. The zero-order valence-corrected chi connectivity index (χ0v) is 11.6. The topological polar surface area (TPSA) is 62.2 Å². The fourth-order valence-electron chi connectivity index (χ4n) is 2.16. The average Bonchev–Trinajstić information content (AvgIpc) is 2.42. The first kappa shape index (κ1) is 14.5. The van der Waals surface area contributed by atoms with Crippen LogP contribution in [0.25, 0.3) is 0 Å². The molecule has 1 amide bonds. The first-order chi connectivity index (χ1) is 9.81. The van der Waals surface area contributed by atoms with Crippen molar-refractivity contribution in [2.24, 2.45) is 5.92 Å². The molecule has 0 atom stereocenters. The van der Waals surface area contributed by atoms with E-state index < -0.39 is 0 Å². The van der Waals surface area contributed by atoms with Crippen molar-refractivity contribution in [3.8, 4) is 11.8 Å². The van der Waals surface area contributed by atoms with E-state index in [9.17, 15) is 4.79 Å². The number of hydrogen-bond acceptors (Lipinski definition) is 3. The van der Waals surface area contributed by atoms with Crippen molar-refractivity contribution in [1.29, 1.82) is 0 Å². The second-order valence-electron chi connectivity index (χ2n) is 5.02. The van der Waals surface area contributed by atoms with Gasteiger partial charge in [-0.3, -0.25) is 4.79 Å². The summed E-state index contributed by atoms with van der Waals surface area (Å²) >= 11 is 0. The third-order valence-electron chi connectivity index (χ3n) is 3.55. The molecule has 106 valence electrons. The van der Waals surface area contributed by atoms with Gasteiger partial charge in [0.15, 0.2) is 0 Å². The van der Waals surface area contributed by atoms with Crippen LogP contribution in [0.5, 0.6) is 0 Å². The van der Waals surface area contributed by atoms with Crippen LogP contribution in [0.2, 0.25) is 0 Å². The molecule has 1 heterocycles. The fraction of sp³-hybridized carbons (Fsp3) is 0.500. The van der Waals surface area contributed by atoms with Gasteiger partial charge >= 0.3 is 0 Å². The molecule has 1 aliphatic rings. The summed E-state index contributed by atoms with van der Waals surface area (Å²) in [4.78, 5) is 16.2. The van der Waals surface area contributed by atoms with Gasteiger partial charge in [-0.1, -0.05) is 31.1 Å². The standard InChI is InChI=1S/C16H20N2O2/c19-12-2-1-7-14-8-4-10-17-15(14)16(20)18-11-9-13-5-3-6-13/h4,8,10,13,19H,2-3,5-6,9,11-12H2,(H,18,20). The molecule has 0 spiro atoms. The molecule has 0 unspecified atom stereocenters. The maximum atomic E-state index is 12.1. The Kier molecular flexibility index (Phi) is 5.57. The Labute approximate surface area is 119 Å². The minimum absolute atomic E-state index is 0.0240. The molecule has 1 aromatic heterocycles. The van der Waals surface area contributed by atoms with Crippen LogP contribution in [0.1, 0.15) is 48.2 Å².